The number of rotatable bonds is 3. The van der Waals surface area contributed by atoms with Crippen LogP contribution in [0.5, 0.6) is 0 Å². The lowest BCUT2D eigenvalue weighted by Gasteiger charge is -1.99. The first kappa shape index (κ1) is 8.45. The van der Waals surface area contributed by atoms with E-state index < -0.39 is 5.97 Å². The molecule has 0 bridgehead atoms. The summed E-state index contributed by atoms with van der Waals surface area (Å²) in [7, 11) is 0. The molecular weight excluding hydrogens is 160 g/mol. The Balaban J connectivity index is 2.62. The average molecular weight is 168 g/mol. The Morgan fingerprint density at radius 2 is 2.58 bits per heavy atom. The van der Waals surface area contributed by atoms with Gasteiger partial charge in [0.1, 0.15) is 6.61 Å². The molecule has 1 aromatic heterocycles. The molecule has 0 unspecified atom stereocenters. The van der Waals surface area contributed by atoms with Crippen molar-refractivity contribution >= 4 is 12.4 Å². The van der Waals surface area contributed by atoms with Crippen molar-refractivity contribution in [2.24, 2.45) is 0 Å². The van der Waals surface area contributed by atoms with Crippen LogP contribution in [0.1, 0.15) is 12.7 Å². The molecule has 0 atom stereocenters. The number of nitrogens with zero attached hydrogens (tertiary/aromatic N) is 2. The third-order valence-corrected chi connectivity index (χ3v) is 1.27. The lowest BCUT2D eigenvalue weighted by Crippen LogP contribution is -2.06. The largest absolute Gasteiger partial charge is 0.458 e. The van der Waals surface area contributed by atoms with Gasteiger partial charge in [-0.05, 0) is 0 Å². The van der Waals surface area contributed by atoms with Gasteiger partial charge in [0.2, 0.25) is 6.41 Å². The van der Waals surface area contributed by atoms with E-state index in [0.717, 1.165) is 0 Å². The minimum atomic E-state index is -0.393. The topological polar surface area (TPSA) is 61.2 Å². The first-order chi connectivity index (χ1) is 5.74. The van der Waals surface area contributed by atoms with Crippen molar-refractivity contribution in [3.05, 3.63) is 18.2 Å². The fourth-order valence-corrected chi connectivity index (χ4v) is 0.718. The predicted molar refractivity (Wildman–Crippen MR) is 39.8 cm³/mol. The van der Waals surface area contributed by atoms with Crippen molar-refractivity contribution in [3.63, 3.8) is 0 Å². The maximum atomic E-state index is 10.4. The van der Waals surface area contributed by atoms with E-state index in [1.165, 1.54) is 23.9 Å². The monoisotopic (exact) mass is 168 g/mol. The number of hydrogen-bond donors (Lipinski definition) is 0. The van der Waals surface area contributed by atoms with Gasteiger partial charge in [-0.15, -0.1) is 0 Å². The van der Waals surface area contributed by atoms with E-state index in [0.29, 0.717) is 12.2 Å². The molecule has 0 radical (unpaired) electrons. The van der Waals surface area contributed by atoms with E-state index in [2.05, 4.69) is 9.72 Å². The highest BCUT2D eigenvalue weighted by molar-refractivity contribution is 5.65. The molecule has 0 aromatic carbocycles. The Kier molecular flexibility index (Phi) is 2.57. The van der Waals surface area contributed by atoms with E-state index >= 15 is 0 Å². The van der Waals surface area contributed by atoms with Crippen LogP contribution in [0.2, 0.25) is 0 Å². The van der Waals surface area contributed by atoms with Crippen LogP contribution >= 0.6 is 0 Å². The second-order valence-corrected chi connectivity index (χ2v) is 2.14. The molecule has 0 saturated carbocycles. The van der Waals surface area contributed by atoms with E-state index in [4.69, 9.17) is 0 Å². The second-order valence-electron chi connectivity index (χ2n) is 2.14. The highest BCUT2D eigenvalue weighted by Gasteiger charge is 2.02. The molecule has 0 saturated heterocycles. The van der Waals surface area contributed by atoms with Crippen LogP contribution in [-0.2, 0) is 20.9 Å². The zero-order chi connectivity index (χ0) is 8.97. The zero-order valence-corrected chi connectivity index (χ0v) is 6.56. The molecule has 0 aliphatic carbocycles. The molecule has 0 N–H and O–H groups in total. The van der Waals surface area contributed by atoms with Crippen molar-refractivity contribution in [1.82, 2.24) is 9.55 Å². The Morgan fingerprint density at radius 1 is 1.83 bits per heavy atom. The predicted octanol–water partition coefficient (Wildman–Crippen LogP) is -0.0155. The highest BCUT2D eigenvalue weighted by atomic mass is 16.5. The van der Waals surface area contributed by atoms with Crippen molar-refractivity contribution in [3.8, 4) is 0 Å². The Hall–Kier alpha value is -1.65. The minimum Gasteiger partial charge on any atom is -0.458 e. The van der Waals surface area contributed by atoms with Crippen LogP contribution in [0.3, 0.4) is 0 Å². The third-order valence-electron chi connectivity index (χ3n) is 1.27. The highest BCUT2D eigenvalue weighted by Crippen LogP contribution is 1.96. The first-order valence-corrected chi connectivity index (χ1v) is 3.34. The van der Waals surface area contributed by atoms with Crippen LogP contribution in [-0.4, -0.2) is 21.9 Å². The van der Waals surface area contributed by atoms with E-state index in [1.807, 2.05) is 0 Å². The van der Waals surface area contributed by atoms with Gasteiger partial charge in [0.15, 0.2) is 5.82 Å². The molecule has 12 heavy (non-hydrogen) atoms. The number of carbonyl (C=O) groups excluding carboxylic acids is 2. The quantitative estimate of drug-likeness (QED) is 0.470. The number of aromatic nitrogens is 2. The molecule has 0 aliphatic heterocycles. The van der Waals surface area contributed by atoms with Crippen LogP contribution in [0.4, 0.5) is 0 Å². The van der Waals surface area contributed by atoms with Gasteiger partial charge < -0.3 is 4.74 Å². The number of carbonyl (C=O) groups is 2. The lowest BCUT2D eigenvalue weighted by molar-refractivity contribution is -0.142. The third kappa shape index (κ3) is 1.91. The van der Waals surface area contributed by atoms with Crippen molar-refractivity contribution in [1.29, 1.82) is 0 Å². The number of hydrogen-bond acceptors (Lipinski definition) is 4. The van der Waals surface area contributed by atoms with Gasteiger partial charge in [0, 0.05) is 19.3 Å². The summed E-state index contributed by atoms with van der Waals surface area (Å²) in [6, 6.07) is 0. The summed E-state index contributed by atoms with van der Waals surface area (Å²) in [6.45, 7) is 1.33. The maximum Gasteiger partial charge on any atom is 0.303 e. The number of esters is 1. The molecule has 1 rings (SSSR count). The van der Waals surface area contributed by atoms with Gasteiger partial charge in [0.25, 0.3) is 0 Å². The molecule has 1 aromatic rings. The summed E-state index contributed by atoms with van der Waals surface area (Å²) in [5, 5.41) is 0. The maximum absolute atomic E-state index is 10.4. The molecule has 5 heteroatoms. The summed E-state index contributed by atoms with van der Waals surface area (Å²) in [4.78, 5) is 24.5. The van der Waals surface area contributed by atoms with Gasteiger partial charge in [-0.1, -0.05) is 0 Å². The standard InChI is InChI=1S/C7H8N2O3/c1-6(11)12-4-7-8-2-3-9(7)5-10/h2-3,5H,4H2,1H3. The smallest absolute Gasteiger partial charge is 0.303 e. The second kappa shape index (κ2) is 3.66. The molecule has 0 fully saturated rings. The molecule has 0 aliphatic rings. The summed E-state index contributed by atoms with van der Waals surface area (Å²) < 4.78 is 5.90. The van der Waals surface area contributed by atoms with E-state index in [9.17, 15) is 9.59 Å². The Morgan fingerprint density at radius 3 is 3.17 bits per heavy atom. The van der Waals surface area contributed by atoms with Gasteiger partial charge >= 0.3 is 5.97 Å². The Labute approximate surface area is 69.0 Å². The normalized spacial score (nSPS) is 9.42. The summed E-state index contributed by atoms with van der Waals surface area (Å²) in [5.41, 5.74) is 0. The van der Waals surface area contributed by atoms with Gasteiger partial charge in [-0.2, -0.15) is 0 Å². The van der Waals surface area contributed by atoms with Gasteiger partial charge in [-0.25, -0.2) is 4.98 Å². The van der Waals surface area contributed by atoms with Crippen LogP contribution in [0, 0.1) is 0 Å². The molecule has 1 heterocycles. The SMILES string of the molecule is CC(=O)OCc1nccn1C=O. The summed E-state index contributed by atoms with van der Waals surface area (Å²) in [5.74, 6) is 0.0237. The van der Waals surface area contributed by atoms with Gasteiger partial charge in [0.05, 0.1) is 0 Å². The lowest BCUT2D eigenvalue weighted by atomic mass is 10.6. The van der Waals surface area contributed by atoms with E-state index in [1.54, 1.807) is 0 Å². The van der Waals surface area contributed by atoms with Crippen LogP contribution in [0.15, 0.2) is 12.4 Å². The Bertz CT molecular complexity index is 293. The van der Waals surface area contributed by atoms with Crippen molar-refractivity contribution < 1.29 is 14.3 Å². The molecular formula is C7H8N2O3. The molecule has 0 spiro atoms. The van der Waals surface area contributed by atoms with Crippen LogP contribution in [0.25, 0.3) is 0 Å². The number of ether oxygens (including phenoxy) is 1. The van der Waals surface area contributed by atoms with Gasteiger partial charge in [-0.3, -0.25) is 14.2 Å². The zero-order valence-electron chi connectivity index (χ0n) is 6.56. The molecule has 5 nitrogen and oxygen atoms in total. The van der Waals surface area contributed by atoms with Crippen LogP contribution < -0.4 is 0 Å². The first-order valence-electron chi connectivity index (χ1n) is 3.34. The minimum absolute atomic E-state index is 0.0288. The van der Waals surface area contributed by atoms with Crippen molar-refractivity contribution in [2.75, 3.05) is 0 Å². The number of imidazole rings is 1. The average Bonchev–Trinajstić information content (AvgIpc) is 2.47. The molecule has 0 amide bonds. The van der Waals surface area contributed by atoms with Crippen molar-refractivity contribution in [2.45, 2.75) is 13.5 Å². The summed E-state index contributed by atoms with van der Waals surface area (Å²) in [6.07, 6.45) is 3.56. The summed E-state index contributed by atoms with van der Waals surface area (Å²) >= 11 is 0. The molecule has 64 valence electrons. The fourth-order valence-electron chi connectivity index (χ4n) is 0.718. The fraction of sp³-hybridized carbons (Fsp3) is 0.286. The van der Waals surface area contributed by atoms with E-state index in [-0.39, 0.29) is 6.61 Å².